The van der Waals surface area contributed by atoms with Crippen LogP contribution in [0.3, 0.4) is 0 Å². The van der Waals surface area contributed by atoms with Crippen LogP contribution in [0.25, 0.3) is 50.8 Å². The van der Waals surface area contributed by atoms with Crippen LogP contribution in [0.5, 0.6) is 5.75 Å². The molecule has 22 nitrogen and oxygen atoms in total. The molecule has 15 rings (SSSR count). The standard InChI is InChI=1S/C28H26N4O4S.C28H26N4O3S.C27H24N4O3S/c1-36-21-14-12-19(13-15-21)28-22(18-31(30-28)20-7-3-2-4-8-20)24-17-23(25-9-6-16-37-25)29-32(24)26(33)10-5-11-27(34)35;1-19-12-14-20(15-13-19)28-22(18-31(30-28)21-7-3-2-4-8-21)24-17-23(25-9-6-16-36-25)29-32(24)26(33)10-5-11-27(34)35;32-25(14-7-15-26(33)34)31-23(17-22(28-31)24-13-8-16-35-24)21-18-30(20-11-5-2-6-12-20)29-27(21)19-9-3-1-4-10-19/h2-4,6-9,12-16,18,24H,5,10-11,17H2,1H3,(H,34,35);2-4,6-9,12-16,18,24H,5,10-11,17H2,1H3,(H,34,35);1-6,8-13,16,18,23H,7,14-15,17H2,(H,33,34). The predicted molar refractivity (Wildman–Crippen MR) is 418 cm³/mol. The number of aryl methyl sites for hydroxylation is 1. The summed E-state index contributed by atoms with van der Waals surface area (Å²) >= 11 is 4.76. The number of rotatable bonds is 25. The summed E-state index contributed by atoms with van der Waals surface area (Å²) in [5, 5.41) is 66.6. The summed E-state index contributed by atoms with van der Waals surface area (Å²) in [5.41, 5.74) is 14.3. The number of ether oxygens (including phenoxy) is 1. The van der Waals surface area contributed by atoms with Gasteiger partial charge in [-0.1, -0.05) is 133 Å². The minimum atomic E-state index is -0.917. The molecule has 3 amide bonds. The van der Waals surface area contributed by atoms with E-state index in [1.165, 1.54) is 10.0 Å². The highest BCUT2D eigenvalue weighted by Gasteiger charge is 2.40. The van der Waals surface area contributed by atoms with Gasteiger partial charge in [-0.15, -0.1) is 34.0 Å². The Morgan fingerprint density at radius 3 is 0.963 bits per heavy atom. The minimum Gasteiger partial charge on any atom is -0.497 e. The number of carboxylic acids is 3. The lowest BCUT2D eigenvalue weighted by Crippen LogP contribution is -2.27. The highest BCUT2D eigenvalue weighted by molar-refractivity contribution is 7.12. The third kappa shape index (κ3) is 17.8. The summed E-state index contributed by atoms with van der Waals surface area (Å²) in [5.74, 6) is -2.56. The minimum absolute atomic E-state index is 0.0487. The van der Waals surface area contributed by atoms with Gasteiger partial charge >= 0.3 is 17.9 Å². The van der Waals surface area contributed by atoms with Gasteiger partial charge in [-0.05, 0) is 121 Å². The molecule has 12 aromatic rings. The third-order valence-corrected chi connectivity index (χ3v) is 21.1. The molecule has 3 aliphatic heterocycles. The summed E-state index contributed by atoms with van der Waals surface area (Å²) in [6.45, 7) is 2.04. The quantitative estimate of drug-likeness (QED) is 0.0481. The Hall–Kier alpha value is -12.3. The zero-order valence-electron chi connectivity index (χ0n) is 59.1. The van der Waals surface area contributed by atoms with Crippen molar-refractivity contribution in [2.75, 3.05) is 7.11 Å². The van der Waals surface area contributed by atoms with Crippen molar-refractivity contribution in [3.05, 3.63) is 278 Å². The number of thiophene rings is 3. The van der Waals surface area contributed by atoms with Gasteiger partial charge in [0.05, 0.1) is 91.1 Å². The van der Waals surface area contributed by atoms with Gasteiger partial charge in [0.1, 0.15) is 5.75 Å². The lowest BCUT2D eigenvalue weighted by atomic mass is 9.97. The summed E-state index contributed by atoms with van der Waals surface area (Å²) < 4.78 is 10.8. The van der Waals surface area contributed by atoms with Gasteiger partial charge in [0.25, 0.3) is 0 Å². The van der Waals surface area contributed by atoms with E-state index in [4.69, 9.17) is 50.7 Å². The molecule has 3 aliphatic rings. The van der Waals surface area contributed by atoms with Crippen molar-refractivity contribution >= 4 is 86.8 Å². The van der Waals surface area contributed by atoms with Crippen molar-refractivity contribution in [3.8, 4) is 56.6 Å². The molecule has 9 heterocycles. The molecule has 3 atom stereocenters. The second kappa shape index (κ2) is 34.7. The fourth-order valence-electron chi connectivity index (χ4n) is 13.0. The molecular formula is C83H76N12O10S3. The first-order chi connectivity index (χ1) is 52.6. The fraction of sp³-hybridized carbons (Fsp3) is 0.205. The number of hydrogen-bond acceptors (Lipinski definition) is 16. The lowest BCUT2D eigenvalue weighted by molar-refractivity contribution is -0.139. The second-order valence-electron chi connectivity index (χ2n) is 25.8. The van der Waals surface area contributed by atoms with Crippen molar-refractivity contribution in [1.82, 2.24) is 44.4 Å². The zero-order valence-corrected chi connectivity index (χ0v) is 61.6. The number of methoxy groups -OCH3 is 1. The monoisotopic (exact) mass is 1500 g/mol. The smallest absolute Gasteiger partial charge is 0.303 e. The van der Waals surface area contributed by atoms with E-state index < -0.39 is 17.9 Å². The predicted octanol–water partition coefficient (Wildman–Crippen LogP) is 16.9. The van der Waals surface area contributed by atoms with Crippen molar-refractivity contribution in [2.24, 2.45) is 15.3 Å². The second-order valence-corrected chi connectivity index (χ2v) is 28.6. The van der Waals surface area contributed by atoms with Crippen LogP contribution in [-0.2, 0) is 28.8 Å². The van der Waals surface area contributed by atoms with Crippen LogP contribution in [0.15, 0.2) is 256 Å². The van der Waals surface area contributed by atoms with Crippen molar-refractivity contribution < 1.29 is 48.8 Å². The Kier molecular flexibility index (Phi) is 23.8. The van der Waals surface area contributed by atoms with Crippen LogP contribution in [-0.4, -0.2) is 120 Å². The van der Waals surface area contributed by atoms with Crippen LogP contribution in [0, 0.1) is 6.92 Å². The average molecular weight is 1500 g/mol. The lowest BCUT2D eigenvalue weighted by Gasteiger charge is -2.22. The third-order valence-electron chi connectivity index (χ3n) is 18.4. The van der Waals surface area contributed by atoms with E-state index in [2.05, 4.69) is 12.1 Å². The van der Waals surface area contributed by atoms with E-state index >= 15 is 0 Å². The number of hydrazone groups is 3. The molecule has 3 N–H and O–H groups in total. The van der Waals surface area contributed by atoms with Crippen molar-refractivity contribution in [1.29, 1.82) is 0 Å². The first kappa shape index (κ1) is 74.0. The van der Waals surface area contributed by atoms with Crippen LogP contribution in [0.1, 0.15) is 132 Å². The maximum atomic E-state index is 13.3. The number of hydrogen-bond donors (Lipinski definition) is 3. The number of aliphatic carboxylic acids is 3. The molecule has 108 heavy (non-hydrogen) atoms. The first-order valence-electron chi connectivity index (χ1n) is 35.3. The molecule has 0 saturated heterocycles. The highest BCUT2D eigenvalue weighted by atomic mass is 32.1. The molecular weight excluding hydrogens is 1420 g/mol. The normalized spacial score (nSPS) is 15.1. The molecule has 546 valence electrons. The number of benzene rings is 6. The van der Waals surface area contributed by atoms with Gasteiger partial charge in [0.15, 0.2) is 0 Å². The summed E-state index contributed by atoms with van der Waals surface area (Å²) in [6, 6.07) is 66.2. The van der Waals surface area contributed by atoms with Crippen LogP contribution >= 0.6 is 34.0 Å². The Balaban J connectivity index is 0.000000143. The van der Waals surface area contributed by atoms with E-state index in [9.17, 15) is 28.8 Å². The number of aromatic nitrogens is 6. The number of nitrogens with zero attached hydrogens (tertiary/aromatic N) is 12. The van der Waals surface area contributed by atoms with Gasteiger partial charge in [0, 0.05) is 110 Å². The highest BCUT2D eigenvalue weighted by Crippen LogP contribution is 2.43. The topological polar surface area (TPSA) is 273 Å². The van der Waals surface area contributed by atoms with E-state index in [1.807, 2.05) is 250 Å². The molecule has 6 aromatic carbocycles. The van der Waals surface area contributed by atoms with Crippen LogP contribution in [0.4, 0.5) is 0 Å². The number of para-hydroxylation sites is 3. The van der Waals surface area contributed by atoms with Gasteiger partial charge in [-0.3, -0.25) is 28.8 Å². The van der Waals surface area contributed by atoms with Gasteiger partial charge in [-0.2, -0.15) is 30.6 Å². The molecule has 0 bridgehead atoms. The molecule has 25 heteroatoms. The number of amides is 3. The summed E-state index contributed by atoms with van der Waals surface area (Å²) in [7, 11) is 1.63. The molecule has 0 aliphatic carbocycles. The molecule has 0 radical (unpaired) electrons. The summed E-state index contributed by atoms with van der Waals surface area (Å²) in [6.07, 6.45) is 8.58. The van der Waals surface area contributed by atoms with E-state index in [0.717, 1.165) is 111 Å². The Morgan fingerprint density at radius 1 is 0.380 bits per heavy atom. The van der Waals surface area contributed by atoms with E-state index in [0.29, 0.717) is 19.3 Å². The fourth-order valence-corrected chi connectivity index (χ4v) is 15.2. The van der Waals surface area contributed by atoms with Crippen LogP contribution in [0.2, 0.25) is 0 Å². The van der Waals surface area contributed by atoms with Gasteiger partial charge in [-0.25, -0.2) is 29.1 Å². The van der Waals surface area contributed by atoms with E-state index in [-0.39, 0.29) is 93.6 Å². The molecule has 3 unspecified atom stereocenters. The van der Waals surface area contributed by atoms with Crippen molar-refractivity contribution in [2.45, 2.75) is 102 Å². The number of carbonyl (C=O) groups is 6. The Morgan fingerprint density at radius 2 is 0.676 bits per heavy atom. The van der Waals surface area contributed by atoms with Gasteiger partial charge < -0.3 is 20.1 Å². The van der Waals surface area contributed by atoms with Gasteiger partial charge in [0.2, 0.25) is 17.7 Å². The maximum Gasteiger partial charge on any atom is 0.303 e. The summed E-state index contributed by atoms with van der Waals surface area (Å²) in [4.78, 5) is 75.9. The first-order valence-corrected chi connectivity index (χ1v) is 37.9. The average Bonchev–Trinajstić information content (AvgIpc) is 1.63. The zero-order chi connectivity index (χ0) is 75.0. The largest absolute Gasteiger partial charge is 0.497 e. The number of carboxylic acid groups (broad SMARTS) is 3. The molecule has 0 saturated carbocycles. The number of carbonyl (C=O) groups excluding carboxylic acids is 3. The molecule has 0 fully saturated rings. The van der Waals surface area contributed by atoms with E-state index in [1.54, 1.807) is 46.1 Å². The van der Waals surface area contributed by atoms with Crippen molar-refractivity contribution in [3.63, 3.8) is 0 Å². The Bertz CT molecular complexity index is 5180. The van der Waals surface area contributed by atoms with Crippen LogP contribution < -0.4 is 4.74 Å². The maximum absolute atomic E-state index is 13.3. The molecule has 0 spiro atoms. The molecule has 6 aromatic heterocycles. The SMILES string of the molecule is COc1ccc(-c2nn(-c3ccccc3)cc2C2CC(c3cccs3)=NN2C(=O)CCCC(=O)O)cc1.Cc1ccc(-c2nn(-c3ccccc3)cc2C2CC(c3cccs3)=NN2C(=O)CCCC(=O)O)cc1.O=C(O)CCCC(=O)N1N=C(c2cccs2)CC1c1cn(-c2ccccc2)nc1-c1ccccc1. The Labute approximate surface area is 635 Å².